The molecule has 0 aromatic carbocycles. The van der Waals surface area contributed by atoms with Crippen molar-refractivity contribution in [3.8, 4) is 0 Å². The van der Waals surface area contributed by atoms with Crippen LogP contribution in [0.25, 0.3) is 0 Å². The minimum absolute atomic E-state index is 0.266. The molecule has 1 atom stereocenters. The van der Waals surface area contributed by atoms with Crippen molar-refractivity contribution in [3.63, 3.8) is 0 Å². The molecule has 0 amide bonds. The number of hydrogen-bond acceptors (Lipinski definition) is 4. The molecule has 100 valence electrons. The lowest BCUT2D eigenvalue weighted by atomic mass is 10.0. The summed E-state index contributed by atoms with van der Waals surface area (Å²) in [5, 5.41) is 17.8. The van der Waals surface area contributed by atoms with Crippen molar-refractivity contribution in [1.29, 1.82) is 0 Å². The smallest absolute Gasteiger partial charge is 0.306 e. The zero-order chi connectivity index (χ0) is 13.1. The molecule has 7 heteroatoms. The van der Waals surface area contributed by atoms with Crippen molar-refractivity contribution in [2.45, 2.75) is 49.9 Å². The van der Waals surface area contributed by atoms with Crippen LogP contribution in [0.5, 0.6) is 0 Å². The van der Waals surface area contributed by atoms with Gasteiger partial charge >= 0.3 is 5.97 Å². The summed E-state index contributed by atoms with van der Waals surface area (Å²) in [6, 6.07) is 0. The van der Waals surface area contributed by atoms with Crippen molar-refractivity contribution < 1.29 is 23.4 Å². The Morgan fingerprint density at radius 2 is 1.94 bits per heavy atom. The lowest BCUT2D eigenvalue weighted by Crippen LogP contribution is -2.44. The second-order valence-corrected chi connectivity index (χ2v) is 6.89. The molecule has 0 radical (unpaired) electrons. The molecule has 0 aromatic heterocycles. The van der Waals surface area contributed by atoms with Crippen LogP contribution in [0.3, 0.4) is 0 Å². The topological polar surface area (TPSA) is 104 Å². The van der Waals surface area contributed by atoms with Crippen LogP contribution in [0.15, 0.2) is 0 Å². The van der Waals surface area contributed by atoms with Crippen LogP contribution in [0, 0.1) is 0 Å². The normalized spacial score (nSPS) is 21.3. The van der Waals surface area contributed by atoms with Gasteiger partial charge in [0.1, 0.15) is 0 Å². The summed E-state index contributed by atoms with van der Waals surface area (Å²) in [4.78, 5) is 10.5. The van der Waals surface area contributed by atoms with Gasteiger partial charge in [-0.05, 0) is 19.8 Å². The summed E-state index contributed by atoms with van der Waals surface area (Å²) in [6.45, 7) is 1.04. The average molecular weight is 265 g/mol. The third-order valence-corrected chi connectivity index (χ3v) is 4.82. The van der Waals surface area contributed by atoms with Gasteiger partial charge in [0, 0.05) is 6.54 Å². The van der Waals surface area contributed by atoms with Gasteiger partial charge in [-0.15, -0.1) is 0 Å². The second-order valence-electron chi connectivity index (χ2n) is 4.84. The van der Waals surface area contributed by atoms with Gasteiger partial charge < -0.3 is 10.2 Å². The van der Waals surface area contributed by atoms with Gasteiger partial charge in [0.25, 0.3) is 0 Å². The molecule has 1 saturated carbocycles. The van der Waals surface area contributed by atoms with Crippen LogP contribution in [0.4, 0.5) is 0 Å². The Bertz CT molecular complexity index is 370. The number of sulfonamides is 1. The van der Waals surface area contributed by atoms with E-state index >= 15 is 0 Å². The molecule has 0 saturated heterocycles. The highest BCUT2D eigenvalue weighted by molar-refractivity contribution is 7.90. The SMILES string of the molecule is CC(O)(CNS(=O)(=O)C1CCCC1)CC(=O)O. The Morgan fingerprint density at radius 1 is 1.41 bits per heavy atom. The molecule has 0 bridgehead atoms. The third-order valence-electron chi connectivity index (χ3n) is 2.93. The number of aliphatic hydroxyl groups is 1. The second kappa shape index (κ2) is 5.32. The van der Waals surface area contributed by atoms with Crippen LogP contribution >= 0.6 is 0 Å². The number of rotatable bonds is 6. The Hall–Kier alpha value is -0.660. The number of aliphatic carboxylic acids is 1. The maximum atomic E-state index is 11.8. The average Bonchev–Trinajstić information content (AvgIpc) is 2.66. The van der Waals surface area contributed by atoms with E-state index in [4.69, 9.17) is 5.11 Å². The van der Waals surface area contributed by atoms with Crippen LogP contribution in [0.2, 0.25) is 0 Å². The zero-order valence-electron chi connectivity index (χ0n) is 9.85. The van der Waals surface area contributed by atoms with Gasteiger partial charge in [0.15, 0.2) is 0 Å². The van der Waals surface area contributed by atoms with Crippen molar-refractivity contribution in [3.05, 3.63) is 0 Å². The van der Waals surface area contributed by atoms with Crippen molar-refractivity contribution in [2.24, 2.45) is 0 Å². The molecule has 0 spiro atoms. The van der Waals surface area contributed by atoms with Crippen LogP contribution in [0.1, 0.15) is 39.0 Å². The van der Waals surface area contributed by atoms with Gasteiger partial charge in [-0.1, -0.05) is 12.8 Å². The van der Waals surface area contributed by atoms with E-state index in [9.17, 15) is 18.3 Å². The van der Waals surface area contributed by atoms with Gasteiger partial charge in [-0.25, -0.2) is 13.1 Å². The maximum Gasteiger partial charge on any atom is 0.306 e. The molecule has 6 nitrogen and oxygen atoms in total. The van der Waals surface area contributed by atoms with Crippen LogP contribution in [-0.4, -0.2) is 42.0 Å². The predicted octanol–water partition coefficient (Wildman–Crippen LogP) is 0.0741. The van der Waals surface area contributed by atoms with Crippen molar-refractivity contribution in [1.82, 2.24) is 4.72 Å². The van der Waals surface area contributed by atoms with Gasteiger partial charge in [-0.3, -0.25) is 4.79 Å². The predicted molar refractivity (Wildman–Crippen MR) is 62.1 cm³/mol. The first-order valence-electron chi connectivity index (χ1n) is 5.66. The van der Waals surface area contributed by atoms with Crippen molar-refractivity contribution >= 4 is 16.0 Å². The molecular formula is C10H19NO5S. The number of hydrogen-bond donors (Lipinski definition) is 3. The molecule has 0 aromatic rings. The first-order chi connectivity index (χ1) is 7.73. The Balaban J connectivity index is 2.51. The highest BCUT2D eigenvalue weighted by Gasteiger charge is 2.32. The third kappa shape index (κ3) is 4.61. The largest absolute Gasteiger partial charge is 0.481 e. The van der Waals surface area contributed by atoms with Crippen molar-refractivity contribution in [2.75, 3.05) is 6.54 Å². The molecule has 1 aliphatic carbocycles. The summed E-state index contributed by atoms with van der Waals surface area (Å²) in [6.07, 6.45) is 2.58. The van der Waals surface area contributed by atoms with E-state index in [0.29, 0.717) is 12.8 Å². The number of carbonyl (C=O) groups is 1. The fourth-order valence-electron chi connectivity index (χ4n) is 1.96. The Kier molecular flexibility index (Phi) is 4.51. The molecule has 17 heavy (non-hydrogen) atoms. The maximum absolute atomic E-state index is 11.8. The van der Waals surface area contributed by atoms with E-state index in [1.807, 2.05) is 0 Å². The van der Waals surface area contributed by atoms with Crippen LogP contribution < -0.4 is 4.72 Å². The standard InChI is InChI=1S/C10H19NO5S/c1-10(14,6-9(12)13)7-11-17(15,16)8-4-2-3-5-8/h8,11,14H,2-7H2,1H3,(H,12,13). The molecule has 3 N–H and O–H groups in total. The van der Waals surface area contributed by atoms with E-state index in [0.717, 1.165) is 12.8 Å². The highest BCUT2D eigenvalue weighted by Crippen LogP contribution is 2.24. The molecule has 0 aliphatic heterocycles. The van der Waals surface area contributed by atoms with Gasteiger partial charge in [0.05, 0.1) is 17.3 Å². The summed E-state index contributed by atoms with van der Waals surface area (Å²) >= 11 is 0. The first-order valence-corrected chi connectivity index (χ1v) is 7.20. The van der Waals surface area contributed by atoms with Gasteiger partial charge in [0.2, 0.25) is 10.0 Å². The monoisotopic (exact) mass is 265 g/mol. The number of carboxylic acid groups (broad SMARTS) is 1. The van der Waals surface area contributed by atoms with E-state index in [-0.39, 0.29) is 6.54 Å². The van der Waals surface area contributed by atoms with Gasteiger partial charge in [-0.2, -0.15) is 0 Å². The quantitative estimate of drug-likeness (QED) is 0.630. The fourth-order valence-corrected chi connectivity index (χ4v) is 3.66. The molecule has 0 heterocycles. The first kappa shape index (κ1) is 14.4. The zero-order valence-corrected chi connectivity index (χ0v) is 10.7. The molecule has 1 rings (SSSR count). The highest BCUT2D eigenvalue weighted by atomic mass is 32.2. The Morgan fingerprint density at radius 3 is 2.41 bits per heavy atom. The number of nitrogens with one attached hydrogen (secondary N) is 1. The summed E-state index contributed by atoms with van der Waals surface area (Å²) in [5.41, 5.74) is -1.56. The summed E-state index contributed by atoms with van der Waals surface area (Å²) in [7, 11) is -3.43. The Labute approximate surface area is 101 Å². The van der Waals surface area contributed by atoms with E-state index in [1.165, 1.54) is 6.92 Å². The molecular weight excluding hydrogens is 246 g/mol. The molecule has 1 fully saturated rings. The molecule has 1 aliphatic rings. The lowest BCUT2D eigenvalue weighted by Gasteiger charge is -2.22. The number of carboxylic acids is 1. The van der Waals surface area contributed by atoms with Crippen LogP contribution in [-0.2, 0) is 14.8 Å². The van der Waals surface area contributed by atoms with E-state index in [2.05, 4.69) is 4.72 Å². The van der Waals surface area contributed by atoms with E-state index < -0.39 is 33.3 Å². The molecule has 1 unspecified atom stereocenters. The minimum Gasteiger partial charge on any atom is -0.481 e. The summed E-state index contributed by atoms with van der Waals surface area (Å²) in [5.74, 6) is -1.16. The van der Waals surface area contributed by atoms with E-state index in [1.54, 1.807) is 0 Å². The lowest BCUT2D eigenvalue weighted by molar-refractivity contribution is -0.141. The minimum atomic E-state index is -3.43. The fraction of sp³-hybridized carbons (Fsp3) is 0.900. The summed E-state index contributed by atoms with van der Waals surface area (Å²) < 4.78 is 25.9.